The van der Waals surface area contributed by atoms with E-state index in [4.69, 9.17) is 0 Å². The third-order valence-electron chi connectivity index (χ3n) is 2.51. The molecule has 2 heteroatoms. The summed E-state index contributed by atoms with van der Waals surface area (Å²) in [6.45, 7) is 0. The van der Waals surface area contributed by atoms with E-state index < -0.39 is 0 Å². The van der Waals surface area contributed by atoms with E-state index >= 15 is 0 Å². The van der Waals surface area contributed by atoms with Gasteiger partial charge < -0.3 is 0 Å². The molecule has 13 heavy (non-hydrogen) atoms. The zero-order valence-electron chi connectivity index (χ0n) is 8.39. The van der Waals surface area contributed by atoms with Gasteiger partial charge >= 0.3 is 0 Å². The van der Waals surface area contributed by atoms with Gasteiger partial charge in [0, 0.05) is 6.42 Å². The van der Waals surface area contributed by atoms with Crippen LogP contribution < -0.4 is 0 Å². The summed E-state index contributed by atoms with van der Waals surface area (Å²) in [5.74, 6) is 2.41. The summed E-state index contributed by atoms with van der Waals surface area (Å²) < 4.78 is 0. The molecule has 0 amide bonds. The largest absolute Gasteiger partial charge is 0.299 e. The quantitative estimate of drug-likeness (QED) is 0.596. The molecule has 0 aromatic carbocycles. The minimum Gasteiger partial charge on any atom is -0.299 e. The number of hydrogen-bond donors (Lipinski definition) is 0. The second-order valence-electron chi connectivity index (χ2n) is 3.82. The average molecular weight is 200 g/mol. The molecule has 1 fully saturated rings. The van der Waals surface area contributed by atoms with Gasteiger partial charge in [-0.2, -0.15) is 11.8 Å². The molecule has 0 bridgehead atoms. The highest BCUT2D eigenvalue weighted by molar-refractivity contribution is 7.99. The van der Waals surface area contributed by atoms with Crippen LogP contribution in [0.2, 0.25) is 0 Å². The van der Waals surface area contributed by atoms with Gasteiger partial charge in [0.2, 0.25) is 0 Å². The van der Waals surface area contributed by atoms with Gasteiger partial charge in [-0.1, -0.05) is 32.1 Å². The van der Waals surface area contributed by atoms with E-state index in [1.54, 1.807) is 0 Å². The van der Waals surface area contributed by atoms with Crippen LogP contribution in [0.4, 0.5) is 0 Å². The third-order valence-corrected chi connectivity index (χ3v) is 3.61. The topological polar surface area (TPSA) is 17.1 Å². The van der Waals surface area contributed by atoms with Crippen molar-refractivity contribution < 1.29 is 4.79 Å². The predicted octanol–water partition coefficient (Wildman–Crippen LogP) is 3.42. The first-order chi connectivity index (χ1) is 6.39. The van der Waals surface area contributed by atoms with Crippen LogP contribution in [0.25, 0.3) is 0 Å². The summed E-state index contributed by atoms with van der Waals surface area (Å²) in [5.41, 5.74) is 0. The van der Waals surface area contributed by atoms with E-state index in [0.29, 0.717) is 5.78 Å². The fraction of sp³-hybridized carbons (Fsp3) is 0.909. The van der Waals surface area contributed by atoms with Crippen molar-refractivity contribution in [3.8, 4) is 0 Å². The van der Waals surface area contributed by atoms with Gasteiger partial charge in [0.25, 0.3) is 0 Å². The summed E-state index contributed by atoms with van der Waals surface area (Å²) in [6, 6.07) is 0. The van der Waals surface area contributed by atoms with Gasteiger partial charge in [0.1, 0.15) is 5.78 Å². The molecule has 0 atom stereocenters. The van der Waals surface area contributed by atoms with Crippen molar-refractivity contribution in [2.24, 2.45) is 0 Å². The van der Waals surface area contributed by atoms with Crippen molar-refractivity contribution in [2.45, 2.75) is 51.4 Å². The van der Waals surface area contributed by atoms with Crippen molar-refractivity contribution in [1.29, 1.82) is 0 Å². The van der Waals surface area contributed by atoms with Crippen LogP contribution >= 0.6 is 11.8 Å². The fourth-order valence-electron chi connectivity index (χ4n) is 1.67. The lowest BCUT2D eigenvalue weighted by Crippen LogP contribution is -2.02. The molecule has 0 radical (unpaired) electrons. The molecule has 0 aromatic heterocycles. The molecule has 0 unspecified atom stereocenters. The van der Waals surface area contributed by atoms with Gasteiger partial charge in [0.15, 0.2) is 0 Å². The molecule has 76 valence electrons. The highest BCUT2D eigenvalue weighted by atomic mass is 32.2. The van der Waals surface area contributed by atoms with Crippen LogP contribution in [-0.4, -0.2) is 17.3 Å². The molecule has 1 aliphatic heterocycles. The number of carbonyl (C=O) groups is 1. The van der Waals surface area contributed by atoms with Crippen LogP contribution in [0.5, 0.6) is 0 Å². The normalized spacial score (nSPS) is 23.2. The Bertz CT molecular complexity index is 131. The zero-order chi connectivity index (χ0) is 9.36. The molecular formula is C11H20OS. The molecule has 0 saturated carbocycles. The molecule has 1 aliphatic rings. The number of hydrogen-bond acceptors (Lipinski definition) is 2. The summed E-state index contributed by atoms with van der Waals surface area (Å²) in [6.07, 6.45) is 9.98. The number of Topliss-reactive ketones (excluding diaryl/α,β-unsaturated/α-hetero) is 1. The van der Waals surface area contributed by atoms with Gasteiger partial charge in [0.05, 0.1) is 5.75 Å². The van der Waals surface area contributed by atoms with Crippen molar-refractivity contribution in [2.75, 3.05) is 11.5 Å². The standard InChI is InChI=1S/C11H20OS/c12-11-8-6-4-2-1-3-5-7-9-13-10-11/h1-10H2. The van der Waals surface area contributed by atoms with E-state index in [-0.39, 0.29) is 0 Å². The van der Waals surface area contributed by atoms with E-state index in [1.807, 2.05) is 11.8 Å². The Morgan fingerprint density at radius 1 is 0.846 bits per heavy atom. The van der Waals surface area contributed by atoms with E-state index in [2.05, 4.69) is 0 Å². The van der Waals surface area contributed by atoms with E-state index in [9.17, 15) is 4.79 Å². The summed E-state index contributed by atoms with van der Waals surface area (Å²) in [5, 5.41) is 0. The van der Waals surface area contributed by atoms with Crippen molar-refractivity contribution in [1.82, 2.24) is 0 Å². The van der Waals surface area contributed by atoms with Crippen LogP contribution in [0.15, 0.2) is 0 Å². The number of ketones is 1. The number of thioether (sulfide) groups is 1. The van der Waals surface area contributed by atoms with Crippen LogP contribution in [0.1, 0.15) is 51.4 Å². The first-order valence-electron chi connectivity index (χ1n) is 5.49. The number of carbonyl (C=O) groups excluding carboxylic acids is 1. The Kier molecular flexibility index (Phi) is 6.34. The summed E-state index contributed by atoms with van der Waals surface area (Å²) in [7, 11) is 0. The molecule has 0 N–H and O–H groups in total. The molecule has 1 rings (SSSR count). The lowest BCUT2D eigenvalue weighted by Gasteiger charge is -2.05. The Morgan fingerprint density at radius 3 is 2.23 bits per heavy atom. The molecule has 1 nitrogen and oxygen atoms in total. The Morgan fingerprint density at radius 2 is 1.46 bits per heavy atom. The predicted molar refractivity (Wildman–Crippen MR) is 59.3 cm³/mol. The number of rotatable bonds is 0. The minimum atomic E-state index is 0.463. The first-order valence-corrected chi connectivity index (χ1v) is 6.64. The van der Waals surface area contributed by atoms with Crippen LogP contribution in [0.3, 0.4) is 0 Å². The smallest absolute Gasteiger partial charge is 0.142 e. The van der Waals surface area contributed by atoms with Crippen molar-refractivity contribution in [3.63, 3.8) is 0 Å². The molecule has 1 heterocycles. The maximum Gasteiger partial charge on any atom is 0.142 e. The second kappa shape index (κ2) is 7.43. The lowest BCUT2D eigenvalue weighted by molar-refractivity contribution is -0.116. The maximum atomic E-state index is 11.3. The molecule has 0 aliphatic carbocycles. The van der Waals surface area contributed by atoms with Crippen LogP contribution in [-0.2, 0) is 4.79 Å². The van der Waals surface area contributed by atoms with Crippen molar-refractivity contribution in [3.05, 3.63) is 0 Å². The summed E-state index contributed by atoms with van der Waals surface area (Å²) >= 11 is 1.83. The van der Waals surface area contributed by atoms with Crippen LogP contribution in [0, 0.1) is 0 Å². The zero-order valence-corrected chi connectivity index (χ0v) is 9.20. The second-order valence-corrected chi connectivity index (χ2v) is 4.92. The fourth-order valence-corrected chi connectivity index (χ4v) is 2.59. The lowest BCUT2D eigenvalue weighted by atomic mass is 10.1. The van der Waals surface area contributed by atoms with Gasteiger partial charge in [-0.3, -0.25) is 4.79 Å². The highest BCUT2D eigenvalue weighted by Crippen LogP contribution is 2.14. The minimum absolute atomic E-state index is 0.463. The van der Waals surface area contributed by atoms with E-state index in [1.165, 1.54) is 44.3 Å². The maximum absolute atomic E-state index is 11.3. The Balaban J connectivity index is 2.14. The average Bonchev–Trinajstić information content (AvgIpc) is 2.11. The third kappa shape index (κ3) is 6.14. The molecular weight excluding hydrogens is 180 g/mol. The molecule has 1 saturated heterocycles. The Labute approximate surface area is 85.7 Å². The Hall–Kier alpha value is 0.0200. The molecule has 0 spiro atoms. The van der Waals surface area contributed by atoms with Crippen molar-refractivity contribution >= 4 is 17.5 Å². The summed E-state index contributed by atoms with van der Waals surface area (Å²) in [4.78, 5) is 11.3. The van der Waals surface area contributed by atoms with Gasteiger partial charge in [-0.25, -0.2) is 0 Å². The van der Waals surface area contributed by atoms with Gasteiger partial charge in [-0.05, 0) is 18.6 Å². The molecule has 0 aromatic rings. The van der Waals surface area contributed by atoms with Gasteiger partial charge in [-0.15, -0.1) is 0 Å². The van der Waals surface area contributed by atoms with E-state index in [0.717, 1.165) is 18.6 Å². The highest BCUT2D eigenvalue weighted by Gasteiger charge is 2.03. The monoisotopic (exact) mass is 200 g/mol. The SMILES string of the molecule is O=C1CCCCCCCCCSC1. The first kappa shape index (κ1) is 11.1.